The number of pyridine rings is 1. The van der Waals surface area contributed by atoms with Crippen molar-refractivity contribution in [2.45, 2.75) is 18.9 Å². The molecular formula is C17H16FN3O4. The minimum Gasteiger partial charge on any atom is -0.481 e. The minimum absolute atomic E-state index is 0.113. The van der Waals surface area contributed by atoms with Gasteiger partial charge in [-0.3, -0.25) is 4.79 Å². The monoisotopic (exact) mass is 345 g/mol. The summed E-state index contributed by atoms with van der Waals surface area (Å²) in [5, 5.41) is 32.2. The van der Waals surface area contributed by atoms with Crippen molar-refractivity contribution in [3.8, 4) is 5.69 Å². The van der Waals surface area contributed by atoms with Crippen LogP contribution in [-0.4, -0.2) is 42.7 Å². The lowest BCUT2D eigenvalue weighted by molar-refractivity contribution is -0.136. The predicted molar refractivity (Wildman–Crippen MR) is 86.8 cm³/mol. The lowest BCUT2D eigenvalue weighted by atomic mass is 10.1. The van der Waals surface area contributed by atoms with Crippen molar-refractivity contribution in [1.29, 1.82) is 0 Å². The fourth-order valence-electron chi connectivity index (χ4n) is 2.53. The first-order chi connectivity index (χ1) is 12.0. The first-order valence-electron chi connectivity index (χ1n) is 7.63. The van der Waals surface area contributed by atoms with Crippen molar-refractivity contribution in [3.63, 3.8) is 0 Å². The molecule has 0 saturated heterocycles. The van der Waals surface area contributed by atoms with Crippen molar-refractivity contribution < 1.29 is 24.5 Å². The summed E-state index contributed by atoms with van der Waals surface area (Å²) in [5.41, 5.74) is 1.72. The van der Waals surface area contributed by atoms with Gasteiger partial charge in [-0.25, -0.2) is 14.1 Å². The molecule has 0 bridgehead atoms. The SMILES string of the molecule is O=C(O)CCc1ccc(-n2ncc3cc([C@H](O)CO)cnc32)cc1F. The van der Waals surface area contributed by atoms with E-state index in [-0.39, 0.29) is 12.8 Å². The lowest BCUT2D eigenvalue weighted by Gasteiger charge is -2.08. The van der Waals surface area contributed by atoms with E-state index < -0.39 is 24.5 Å². The summed E-state index contributed by atoms with van der Waals surface area (Å²) in [6.45, 7) is -0.412. The molecule has 130 valence electrons. The third-order valence-corrected chi connectivity index (χ3v) is 3.88. The van der Waals surface area contributed by atoms with Crippen LogP contribution in [0.25, 0.3) is 16.7 Å². The number of aliphatic hydroxyl groups is 2. The molecule has 0 aliphatic carbocycles. The topological polar surface area (TPSA) is 108 Å². The van der Waals surface area contributed by atoms with Crippen molar-refractivity contribution in [2.24, 2.45) is 0 Å². The van der Waals surface area contributed by atoms with E-state index in [1.807, 2.05) is 0 Å². The Bertz CT molecular complexity index is 925. The molecule has 25 heavy (non-hydrogen) atoms. The number of benzene rings is 1. The van der Waals surface area contributed by atoms with Gasteiger partial charge in [-0.2, -0.15) is 5.10 Å². The molecule has 3 N–H and O–H groups in total. The molecule has 3 aromatic rings. The number of aliphatic hydroxyl groups excluding tert-OH is 2. The summed E-state index contributed by atoms with van der Waals surface area (Å²) >= 11 is 0. The fourth-order valence-corrected chi connectivity index (χ4v) is 2.53. The first-order valence-corrected chi connectivity index (χ1v) is 7.63. The van der Waals surface area contributed by atoms with E-state index in [2.05, 4.69) is 10.1 Å². The molecule has 0 fully saturated rings. The Morgan fingerprint density at radius 3 is 2.76 bits per heavy atom. The molecule has 7 nitrogen and oxygen atoms in total. The number of aryl methyl sites for hydroxylation is 1. The number of carboxylic acids is 1. The molecule has 8 heteroatoms. The zero-order valence-corrected chi connectivity index (χ0v) is 13.1. The smallest absolute Gasteiger partial charge is 0.303 e. The maximum absolute atomic E-state index is 14.2. The van der Waals surface area contributed by atoms with E-state index in [1.165, 1.54) is 29.2 Å². The summed E-state index contributed by atoms with van der Waals surface area (Å²) in [4.78, 5) is 14.8. The molecule has 0 aliphatic rings. The molecule has 0 amide bonds. The number of halogens is 1. The number of nitrogens with zero attached hydrogens (tertiary/aromatic N) is 3. The molecule has 1 atom stereocenters. The molecule has 3 rings (SSSR count). The number of carboxylic acid groups (broad SMARTS) is 1. The second-order valence-electron chi connectivity index (χ2n) is 5.61. The minimum atomic E-state index is -1.02. The number of hydrogen-bond donors (Lipinski definition) is 3. The highest BCUT2D eigenvalue weighted by molar-refractivity contribution is 5.77. The first kappa shape index (κ1) is 17.0. The van der Waals surface area contributed by atoms with Gasteiger partial charge in [0.25, 0.3) is 0 Å². The third kappa shape index (κ3) is 3.49. The van der Waals surface area contributed by atoms with Gasteiger partial charge >= 0.3 is 5.97 Å². The van der Waals surface area contributed by atoms with E-state index in [4.69, 9.17) is 10.2 Å². The van der Waals surface area contributed by atoms with Gasteiger partial charge in [-0.05, 0) is 30.2 Å². The number of aliphatic carboxylic acids is 1. The van der Waals surface area contributed by atoms with Crippen LogP contribution in [0.4, 0.5) is 4.39 Å². The van der Waals surface area contributed by atoms with Gasteiger partial charge in [0, 0.05) is 23.6 Å². The molecule has 0 saturated carbocycles. The van der Waals surface area contributed by atoms with Crippen molar-refractivity contribution in [1.82, 2.24) is 14.8 Å². The van der Waals surface area contributed by atoms with Crippen molar-refractivity contribution in [2.75, 3.05) is 6.61 Å². The zero-order valence-electron chi connectivity index (χ0n) is 13.1. The van der Waals surface area contributed by atoms with Gasteiger partial charge in [-0.15, -0.1) is 0 Å². The van der Waals surface area contributed by atoms with E-state index >= 15 is 0 Å². The molecule has 0 spiro atoms. The summed E-state index contributed by atoms with van der Waals surface area (Å²) in [6, 6.07) is 6.11. The summed E-state index contributed by atoms with van der Waals surface area (Å²) in [6.07, 6.45) is 1.91. The van der Waals surface area contributed by atoms with Gasteiger partial charge < -0.3 is 15.3 Å². The normalized spacial score (nSPS) is 12.4. The third-order valence-electron chi connectivity index (χ3n) is 3.88. The number of hydrogen-bond acceptors (Lipinski definition) is 5. The number of carbonyl (C=O) groups is 1. The van der Waals surface area contributed by atoms with Crippen LogP contribution in [0.2, 0.25) is 0 Å². The van der Waals surface area contributed by atoms with Crippen LogP contribution < -0.4 is 0 Å². The van der Waals surface area contributed by atoms with Gasteiger partial charge in [0.1, 0.15) is 11.9 Å². The zero-order chi connectivity index (χ0) is 18.0. The van der Waals surface area contributed by atoms with Gasteiger partial charge in [0.2, 0.25) is 0 Å². The van der Waals surface area contributed by atoms with Crippen molar-refractivity contribution in [3.05, 3.63) is 53.6 Å². The average molecular weight is 345 g/mol. The maximum atomic E-state index is 14.2. The van der Waals surface area contributed by atoms with Crippen LogP contribution >= 0.6 is 0 Å². The number of fused-ring (bicyclic) bond motifs is 1. The number of aromatic nitrogens is 3. The van der Waals surface area contributed by atoms with E-state index in [9.17, 15) is 14.3 Å². The van der Waals surface area contributed by atoms with Crippen molar-refractivity contribution >= 4 is 17.0 Å². The predicted octanol–water partition coefficient (Wildman–Crippen LogP) is 1.60. The Balaban J connectivity index is 1.94. The quantitative estimate of drug-likeness (QED) is 0.626. The molecule has 0 radical (unpaired) electrons. The van der Waals surface area contributed by atoms with E-state index in [0.717, 1.165) is 0 Å². The highest BCUT2D eigenvalue weighted by atomic mass is 19.1. The Labute approximate surface area is 142 Å². The highest BCUT2D eigenvalue weighted by Crippen LogP contribution is 2.22. The van der Waals surface area contributed by atoms with Crippen LogP contribution in [0.15, 0.2) is 36.7 Å². The lowest BCUT2D eigenvalue weighted by Crippen LogP contribution is -2.04. The molecule has 1 aromatic carbocycles. The van der Waals surface area contributed by atoms with Gasteiger partial charge in [0.05, 0.1) is 18.5 Å². The largest absolute Gasteiger partial charge is 0.481 e. The van der Waals surface area contributed by atoms with Gasteiger partial charge in [-0.1, -0.05) is 6.07 Å². The maximum Gasteiger partial charge on any atom is 0.303 e. The average Bonchev–Trinajstić information content (AvgIpc) is 3.02. The Hall–Kier alpha value is -2.84. The van der Waals surface area contributed by atoms with Crippen LogP contribution in [0.5, 0.6) is 0 Å². The van der Waals surface area contributed by atoms with Crippen LogP contribution in [0.1, 0.15) is 23.7 Å². The second-order valence-corrected chi connectivity index (χ2v) is 5.61. The Morgan fingerprint density at radius 2 is 2.08 bits per heavy atom. The standard InChI is InChI=1S/C17H16FN3O4/c18-14-6-13(3-1-10(14)2-4-16(24)25)21-17-12(8-20-21)5-11(7-19-17)15(23)9-22/h1,3,5-8,15,22-23H,2,4,9H2,(H,24,25)/t15-/m1/s1. The molecular weight excluding hydrogens is 329 g/mol. The molecule has 2 aromatic heterocycles. The second kappa shape index (κ2) is 6.96. The van der Waals surface area contributed by atoms with Crippen LogP contribution in [0, 0.1) is 5.82 Å². The summed E-state index contributed by atoms with van der Waals surface area (Å²) < 4.78 is 15.6. The van der Waals surface area contributed by atoms with Crippen LogP contribution in [0.3, 0.4) is 0 Å². The summed E-state index contributed by atoms with van der Waals surface area (Å²) in [5.74, 6) is -1.48. The molecule has 2 heterocycles. The Kier molecular flexibility index (Phi) is 4.73. The molecule has 0 aliphatic heterocycles. The molecule has 0 unspecified atom stereocenters. The summed E-state index contributed by atoms with van der Waals surface area (Å²) in [7, 11) is 0. The highest BCUT2D eigenvalue weighted by Gasteiger charge is 2.13. The Morgan fingerprint density at radius 1 is 1.28 bits per heavy atom. The van der Waals surface area contributed by atoms with Crippen LogP contribution in [-0.2, 0) is 11.2 Å². The fraction of sp³-hybridized carbons (Fsp3) is 0.235. The van der Waals surface area contributed by atoms with Gasteiger partial charge in [0.15, 0.2) is 5.65 Å². The van der Waals surface area contributed by atoms with E-state index in [0.29, 0.717) is 27.8 Å². The van der Waals surface area contributed by atoms with E-state index in [1.54, 1.807) is 12.1 Å². The number of rotatable bonds is 6.